The van der Waals surface area contributed by atoms with E-state index in [4.69, 9.17) is 17.3 Å². The molecule has 4 heteroatoms. The Hall–Kier alpha value is -1.35. The van der Waals surface area contributed by atoms with E-state index in [1.54, 1.807) is 24.3 Å². The van der Waals surface area contributed by atoms with Gasteiger partial charge in [0.05, 0.1) is 11.4 Å². The summed E-state index contributed by atoms with van der Waals surface area (Å²) in [5, 5.41) is 0.389. The number of pyridine rings is 1. The summed E-state index contributed by atoms with van der Waals surface area (Å²) in [5.74, 6) is 0. The van der Waals surface area contributed by atoms with Crippen LogP contribution in [0.3, 0.4) is 0 Å². The van der Waals surface area contributed by atoms with Crippen molar-refractivity contribution in [3.8, 4) is 0 Å². The largest absolute Gasteiger partial charge is 0.397 e. The van der Waals surface area contributed by atoms with E-state index < -0.39 is 0 Å². The number of nitrogen functional groups attached to an aromatic ring is 1. The molecular formula is C9H9ClN2O. The number of carbonyl (C=O) groups excluding carboxylic acids is 1. The van der Waals surface area contributed by atoms with Crippen molar-refractivity contribution in [2.75, 3.05) is 5.73 Å². The highest BCUT2D eigenvalue weighted by molar-refractivity contribution is 6.29. The summed E-state index contributed by atoms with van der Waals surface area (Å²) in [5.41, 5.74) is 6.75. The molecule has 0 saturated heterocycles. The number of allylic oxidation sites excluding steroid dienone is 1. The van der Waals surface area contributed by atoms with Crippen molar-refractivity contribution >= 4 is 29.7 Å². The van der Waals surface area contributed by atoms with Gasteiger partial charge in [-0.05, 0) is 18.2 Å². The average Bonchev–Trinajstić information content (AvgIpc) is 2.11. The minimum atomic E-state index is 0.355. The van der Waals surface area contributed by atoms with E-state index >= 15 is 0 Å². The average molecular weight is 197 g/mol. The van der Waals surface area contributed by atoms with Gasteiger partial charge >= 0.3 is 0 Å². The highest BCUT2D eigenvalue weighted by Gasteiger charge is 1.96. The maximum atomic E-state index is 10.0. The molecule has 2 N–H and O–H groups in total. The molecule has 0 atom stereocenters. The first-order chi connectivity index (χ1) is 6.24. The van der Waals surface area contributed by atoms with Gasteiger partial charge in [-0.1, -0.05) is 17.7 Å². The summed E-state index contributed by atoms with van der Waals surface area (Å²) < 4.78 is 0. The van der Waals surface area contributed by atoms with E-state index in [0.29, 0.717) is 23.0 Å². The van der Waals surface area contributed by atoms with Gasteiger partial charge in [0, 0.05) is 6.42 Å². The SMILES string of the molecule is Nc1ccc(Cl)nc1C=CCC=O. The van der Waals surface area contributed by atoms with E-state index in [0.717, 1.165) is 6.29 Å². The molecule has 0 amide bonds. The third-order valence-corrected chi connectivity index (χ3v) is 1.64. The lowest BCUT2D eigenvalue weighted by molar-refractivity contribution is -0.107. The van der Waals surface area contributed by atoms with Crippen LogP contribution in [0.15, 0.2) is 18.2 Å². The monoisotopic (exact) mass is 196 g/mol. The van der Waals surface area contributed by atoms with E-state index in [9.17, 15) is 4.79 Å². The summed E-state index contributed by atoms with van der Waals surface area (Å²) >= 11 is 5.66. The van der Waals surface area contributed by atoms with Crippen LogP contribution in [0.5, 0.6) is 0 Å². The Morgan fingerprint density at radius 1 is 1.54 bits per heavy atom. The van der Waals surface area contributed by atoms with Crippen LogP contribution >= 0.6 is 11.6 Å². The lowest BCUT2D eigenvalue weighted by Gasteiger charge is -1.98. The van der Waals surface area contributed by atoms with Gasteiger partial charge in [-0.15, -0.1) is 0 Å². The molecule has 1 aromatic rings. The predicted octanol–water partition coefficient (Wildman–Crippen LogP) is 1.92. The number of anilines is 1. The van der Waals surface area contributed by atoms with Gasteiger partial charge in [0.15, 0.2) is 0 Å². The van der Waals surface area contributed by atoms with Crippen molar-refractivity contribution < 1.29 is 4.79 Å². The fraction of sp³-hybridized carbons (Fsp3) is 0.111. The second-order valence-electron chi connectivity index (χ2n) is 2.41. The lowest BCUT2D eigenvalue weighted by atomic mass is 10.2. The van der Waals surface area contributed by atoms with Gasteiger partial charge < -0.3 is 10.5 Å². The van der Waals surface area contributed by atoms with E-state index in [-0.39, 0.29) is 0 Å². The van der Waals surface area contributed by atoms with Gasteiger partial charge in [0.1, 0.15) is 11.4 Å². The van der Waals surface area contributed by atoms with Crippen molar-refractivity contribution in [1.29, 1.82) is 0 Å². The molecule has 0 aliphatic carbocycles. The van der Waals surface area contributed by atoms with Crippen LogP contribution in [0, 0.1) is 0 Å². The molecule has 0 bridgehead atoms. The molecule has 0 aromatic carbocycles. The first-order valence-corrected chi connectivity index (χ1v) is 4.14. The first kappa shape index (κ1) is 9.74. The van der Waals surface area contributed by atoms with Crippen LogP contribution in [-0.4, -0.2) is 11.3 Å². The number of rotatable bonds is 3. The Labute approximate surface area is 81.2 Å². The zero-order valence-corrected chi connectivity index (χ0v) is 7.66. The first-order valence-electron chi connectivity index (χ1n) is 3.76. The third kappa shape index (κ3) is 2.87. The van der Waals surface area contributed by atoms with Crippen molar-refractivity contribution in [1.82, 2.24) is 4.98 Å². The standard InChI is InChI=1S/C9H9ClN2O/c10-9-5-4-7(11)8(12-9)3-1-2-6-13/h1,3-6H,2,11H2. The predicted molar refractivity (Wildman–Crippen MR) is 53.4 cm³/mol. The topological polar surface area (TPSA) is 56.0 Å². The van der Waals surface area contributed by atoms with E-state index in [1.165, 1.54) is 0 Å². The second-order valence-corrected chi connectivity index (χ2v) is 2.80. The Morgan fingerprint density at radius 2 is 2.31 bits per heavy atom. The second kappa shape index (κ2) is 4.62. The maximum Gasteiger partial charge on any atom is 0.129 e. The molecule has 13 heavy (non-hydrogen) atoms. The number of nitrogens with two attached hydrogens (primary N) is 1. The van der Waals surface area contributed by atoms with Crippen LogP contribution in [0.25, 0.3) is 6.08 Å². The molecule has 1 aromatic heterocycles. The Kier molecular flexibility index (Phi) is 3.46. The van der Waals surface area contributed by atoms with Crippen molar-refractivity contribution in [3.63, 3.8) is 0 Å². The quantitative estimate of drug-likeness (QED) is 0.594. The Morgan fingerprint density at radius 3 is 3.00 bits per heavy atom. The molecule has 0 spiro atoms. The maximum absolute atomic E-state index is 10.0. The molecule has 68 valence electrons. The van der Waals surface area contributed by atoms with Gasteiger partial charge in [-0.25, -0.2) is 4.98 Å². The van der Waals surface area contributed by atoms with Crippen molar-refractivity contribution in [3.05, 3.63) is 29.1 Å². The molecule has 0 fully saturated rings. The van der Waals surface area contributed by atoms with E-state index in [1.807, 2.05) is 0 Å². The van der Waals surface area contributed by atoms with Crippen molar-refractivity contribution in [2.24, 2.45) is 0 Å². The molecule has 3 nitrogen and oxygen atoms in total. The number of hydrogen-bond acceptors (Lipinski definition) is 3. The fourth-order valence-corrected chi connectivity index (χ4v) is 0.984. The molecule has 0 radical (unpaired) electrons. The minimum absolute atomic E-state index is 0.355. The number of aldehydes is 1. The smallest absolute Gasteiger partial charge is 0.129 e. The summed E-state index contributed by atoms with van der Waals surface area (Å²) in [6, 6.07) is 3.30. The van der Waals surface area contributed by atoms with Crippen LogP contribution in [0.2, 0.25) is 5.15 Å². The molecule has 0 saturated carbocycles. The normalized spacial score (nSPS) is 10.5. The Balaban J connectivity index is 2.86. The highest BCUT2D eigenvalue weighted by Crippen LogP contribution is 2.14. The number of carbonyl (C=O) groups is 1. The molecular weight excluding hydrogens is 188 g/mol. The molecule has 0 aliphatic heterocycles. The fourth-order valence-electron chi connectivity index (χ4n) is 0.830. The summed E-state index contributed by atoms with van der Waals surface area (Å²) in [4.78, 5) is 14.0. The van der Waals surface area contributed by atoms with Crippen LogP contribution in [0.1, 0.15) is 12.1 Å². The summed E-state index contributed by atoms with van der Waals surface area (Å²) in [6.07, 6.45) is 4.52. The third-order valence-electron chi connectivity index (χ3n) is 1.43. The van der Waals surface area contributed by atoms with Crippen LogP contribution in [-0.2, 0) is 4.79 Å². The van der Waals surface area contributed by atoms with Gasteiger partial charge in [-0.3, -0.25) is 0 Å². The number of hydrogen-bond donors (Lipinski definition) is 1. The highest BCUT2D eigenvalue weighted by atomic mass is 35.5. The summed E-state index contributed by atoms with van der Waals surface area (Å²) in [6.45, 7) is 0. The molecule has 0 unspecified atom stereocenters. The van der Waals surface area contributed by atoms with Gasteiger partial charge in [0.25, 0.3) is 0 Å². The zero-order chi connectivity index (χ0) is 9.68. The lowest BCUT2D eigenvalue weighted by Crippen LogP contribution is -1.92. The van der Waals surface area contributed by atoms with Crippen molar-refractivity contribution in [2.45, 2.75) is 6.42 Å². The van der Waals surface area contributed by atoms with Crippen LogP contribution < -0.4 is 5.73 Å². The van der Waals surface area contributed by atoms with Gasteiger partial charge in [-0.2, -0.15) is 0 Å². The molecule has 0 aliphatic rings. The Bertz CT molecular complexity index is 336. The molecule has 1 rings (SSSR count). The zero-order valence-electron chi connectivity index (χ0n) is 6.90. The number of aromatic nitrogens is 1. The summed E-state index contributed by atoms with van der Waals surface area (Å²) in [7, 11) is 0. The number of nitrogens with zero attached hydrogens (tertiary/aromatic N) is 1. The molecule has 1 heterocycles. The minimum Gasteiger partial charge on any atom is -0.397 e. The number of halogens is 1. The van der Waals surface area contributed by atoms with E-state index in [2.05, 4.69) is 4.98 Å². The van der Waals surface area contributed by atoms with Crippen LogP contribution in [0.4, 0.5) is 5.69 Å². The van der Waals surface area contributed by atoms with Gasteiger partial charge in [0.2, 0.25) is 0 Å².